The zero-order chi connectivity index (χ0) is 28.2. The van der Waals surface area contributed by atoms with Gasteiger partial charge in [-0.25, -0.2) is 4.79 Å². The van der Waals surface area contributed by atoms with Gasteiger partial charge >= 0.3 is 5.97 Å². The summed E-state index contributed by atoms with van der Waals surface area (Å²) < 4.78 is 0. The molecular formula is C34H32N2O2S. The van der Waals surface area contributed by atoms with Crippen LogP contribution in [0.15, 0.2) is 142 Å². The van der Waals surface area contributed by atoms with Crippen molar-refractivity contribution in [2.75, 3.05) is 19.0 Å². The molecule has 3 aromatic rings. The molecule has 0 saturated heterocycles. The molecule has 0 radical (unpaired) electrons. The van der Waals surface area contributed by atoms with Gasteiger partial charge in [-0.2, -0.15) is 5.26 Å². The van der Waals surface area contributed by atoms with E-state index in [1.54, 1.807) is 30.8 Å². The molecule has 0 heterocycles. The van der Waals surface area contributed by atoms with Crippen LogP contribution in [0.1, 0.15) is 25.0 Å². The molecule has 0 aliphatic carbocycles. The molecular weight excluding hydrogens is 500 g/mol. The maximum atomic E-state index is 11.0. The Morgan fingerprint density at radius 3 is 1.82 bits per heavy atom. The number of anilines is 1. The van der Waals surface area contributed by atoms with Gasteiger partial charge in [0.05, 0.1) is 0 Å². The van der Waals surface area contributed by atoms with E-state index in [1.165, 1.54) is 15.9 Å². The lowest BCUT2D eigenvalue weighted by molar-refractivity contribution is -0.132. The molecule has 0 aliphatic rings. The molecule has 39 heavy (non-hydrogen) atoms. The van der Waals surface area contributed by atoms with Crippen molar-refractivity contribution >= 4 is 29.0 Å². The Morgan fingerprint density at radius 1 is 0.795 bits per heavy atom. The number of aliphatic carboxylic acids is 1. The van der Waals surface area contributed by atoms with Crippen molar-refractivity contribution in [1.29, 1.82) is 5.26 Å². The first kappa shape index (κ1) is 29.0. The second-order valence-electron chi connectivity index (χ2n) is 9.12. The summed E-state index contributed by atoms with van der Waals surface area (Å²) >= 11 is 1.74. The van der Waals surface area contributed by atoms with E-state index in [1.807, 2.05) is 57.4 Å². The number of benzene rings is 3. The van der Waals surface area contributed by atoms with Crippen molar-refractivity contribution in [3.63, 3.8) is 0 Å². The quantitative estimate of drug-likeness (QED) is 0.162. The van der Waals surface area contributed by atoms with Gasteiger partial charge in [0, 0.05) is 29.6 Å². The number of hydrogen-bond acceptors (Lipinski definition) is 4. The van der Waals surface area contributed by atoms with Crippen molar-refractivity contribution in [3.05, 3.63) is 143 Å². The molecule has 3 rings (SSSR count). The summed E-state index contributed by atoms with van der Waals surface area (Å²) in [5.74, 6) is -1.23. The Morgan fingerprint density at radius 2 is 1.31 bits per heavy atom. The normalized spacial score (nSPS) is 12.9. The second-order valence-corrected chi connectivity index (χ2v) is 10.3. The number of carbonyl (C=O) groups is 1. The van der Waals surface area contributed by atoms with E-state index in [2.05, 4.69) is 71.6 Å². The topological polar surface area (TPSA) is 64.3 Å². The monoisotopic (exact) mass is 532 g/mol. The average Bonchev–Trinajstić information content (AvgIpc) is 2.93. The molecule has 0 aliphatic heterocycles. The van der Waals surface area contributed by atoms with Crippen LogP contribution in [-0.2, 0) is 4.79 Å². The number of rotatable bonds is 10. The molecule has 3 aromatic carbocycles. The van der Waals surface area contributed by atoms with Gasteiger partial charge in [0.1, 0.15) is 11.6 Å². The Hall–Kier alpha value is -4.53. The van der Waals surface area contributed by atoms with Gasteiger partial charge in [-0.15, -0.1) is 0 Å². The lowest BCUT2D eigenvalue weighted by Crippen LogP contribution is -2.08. The molecule has 1 N–H and O–H groups in total. The molecule has 0 unspecified atom stereocenters. The smallest absolute Gasteiger partial charge is 0.346 e. The van der Waals surface area contributed by atoms with Gasteiger partial charge in [0.25, 0.3) is 0 Å². The maximum absolute atomic E-state index is 11.0. The minimum atomic E-state index is -1.23. The van der Waals surface area contributed by atoms with Crippen molar-refractivity contribution in [1.82, 2.24) is 0 Å². The third-order valence-corrected chi connectivity index (χ3v) is 6.78. The highest BCUT2D eigenvalue weighted by Crippen LogP contribution is 2.31. The van der Waals surface area contributed by atoms with Crippen molar-refractivity contribution in [3.8, 4) is 6.07 Å². The summed E-state index contributed by atoms with van der Waals surface area (Å²) in [6.45, 7) is 3.81. The zero-order valence-corrected chi connectivity index (χ0v) is 23.4. The summed E-state index contributed by atoms with van der Waals surface area (Å²) in [6.07, 6.45) is 11.0. The highest BCUT2D eigenvalue weighted by atomic mass is 32.2. The van der Waals surface area contributed by atoms with Crippen LogP contribution in [0.5, 0.6) is 0 Å². The Kier molecular flexibility index (Phi) is 10.7. The molecule has 0 fully saturated rings. The molecule has 4 nitrogen and oxygen atoms in total. The first-order chi connectivity index (χ1) is 18.8. The van der Waals surface area contributed by atoms with Gasteiger partial charge < -0.3 is 10.0 Å². The highest BCUT2D eigenvalue weighted by Gasteiger charge is 2.08. The summed E-state index contributed by atoms with van der Waals surface area (Å²) in [6, 6.07) is 29.2. The zero-order valence-electron chi connectivity index (χ0n) is 22.6. The van der Waals surface area contributed by atoms with Crippen molar-refractivity contribution in [2.45, 2.75) is 23.6 Å². The molecule has 0 amide bonds. The molecule has 0 saturated carbocycles. The van der Waals surface area contributed by atoms with E-state index < -0.39 is 5.97 Å². The van der Waals surface area contributed by atoms with Crippen LogP contribution in [-0.4, -0.2) is 25.2 Å². The molecule has 196 valence electrons. The molecule has 5 heteroatoms. The Balaban J connectivity index is 1.89. The van der Waals surface area contributed by atoms with Crippen molar-refractivity contribution < 1.29 is 9.90 Å². The number of nitriles is 1. The van der Waals surface area contributed by atoms with Gasteiger partial charge in [0.2, 0.25) is 0 Å². The molecule has 0 spiro atoms. The Labute approximate surface area is 235 Å². The third-order valence-electron chi connectivity index (χ3n) is 5.76. The van der Waals surface area contributed by atoms with E-state index in [4.69, 9.17) is 10.4 Å². The number of hydrogen-bond donors (Lipinski definition) is 1. The largest absolute Gasteiger partial charge is 0.477 e. The summed E-state index contributed by atoms with van der Waals surface area (Å²) in [5, 5.41) is 17.9. The standard InChI is InChI=1S/C34H32N2O2S/c1-25(22-29(24-35)34(37)38)10-8-9-11-26(2)23-33(27-14-18-30(19-15-27)36(3)4)28-16-20-32(21-17-28)39-31-12-6-5-7-13-31/h5-23H,1-4H3,(H,37,38). The van der Waals surface area contributed by atoms with E-state index in [9.17, 15) is 4.79 Å². The molecule has 0 aromatic heterocycles. The average molecular weight is 533 g/mol. The van der Waals surface area contributed by atoms with Crippen LogP contribution in [0, 0.1) is 11.3 Å². The van der Waals surface area contributed by atoms with E-state index in [0.29, 0.717) is 5.57 Å². The van der Waals surface area contributed by atoms with Crippen LogP contribution in [0.3, 0.4) is 0 Å². The minimum Gasteiger partial charge on any atom is -0.477 e. The lowest BCUT2D eigenvalue weighted by Gasteiger charge is -2.15. The molecule has 0 bridgehead atoms. The number of nitrogens with zero attached hydrogens (tertiary/aromatic N) is 2. The first-order valence-corrected chi connectivity index (χ1v) is 13.3. The van der Waals surface area contributed by atoms with Crippen LogP contribution in [0.4, 0.5) is 5.69 Å². The van der Waals surface area contributed by atoms with Crippen LogP contribution < -0.4 is 4.90 Å². The summed E-state index contributed by atoms with van der Waals surface area (Å²) in [5.41, 5.74) is 5.96. The van der Waals surface area contributed by atoms with Gasteiger partial charge in [-0.05, 0) is 78.6 Å². The fourth-order valence-electron chi connectivity index (χ4n) is 3.71. The van der Waals surface area contributed by atoms with Crippen LogP contribution >= 0.6 is 11.8 Å². The van der Waals surface area contributed by atoms with Crippen LogP contribution in [0.2, 0.25) is 0 Å². The van der Waals surface area contributed by atoms with Gasteiger partial charge in [-0.1, -0.05) is 90.2 Å². The van der Waals surface area contributed by atoms with E-state index in [-0.39, 0.29) is 5.57 Å². The predicted octanol–water partition coefficient (Wildman–Crippen LogP) is 8.32. The molecule has 0 atom stereocenters. The van der Waals surface area contributed by atoms with Gasteiger partial charge in [-0.3, -0.25) is 0 Å². The number of carboxylic acid groups (broad SMARTS) is 1. The highest BCUT2D eigenvalue weighted by molar-refractivity contribution is 7.99. The van der Waals surface area contributed by atoms with Crippen LogP contribution in [0.25, 0.3) is 5.57 Å². The Bertz CT molecular complexity index is 1470. The summed E-state index contributed by atoms with van der Waals surface area (Å²) in [7, 11) is 4.06. The number of carboxylic acids is 1. The minimum absolute atomic E-state index is 0.287. The maximum Gasteiger partial charge on any atom is 0.346 e. The number of allylic oxidation sites excluding steroid dienone is 8. The van der Waals surface area contributed by atoms with Gasteiger partial charge in [0.15, 0.2) is 0 Å². The van der Waals surface area contributed by atoms with E-state index in [0.717, 1.165) is 28.0 Å². The third kappa shape index (κ3) is 9.07. The second kappa shape index (κ2) is 14.4. The fraction of sp³-hybridized carbons (Fsp3) is 0.118. The van der Waals surface area contributed by atoms with Crippen molar-refractivity contribution in [2.24, 2.45) is 0 Å². The van der Waals surface area contributed by atoms with E-state index >= 15 is 0 Å². The fourth-order valence-corrected chi connectivity index (χ4v) is 4.55. The lowest BCUT2D eigenvalue weighted by atomic mass is 9.95. The summed E-state index contributed by atoms with van der Waals surface area (Å²) in [4.78, 5) is 15.5. The first-order valence-electron chi connectivity index (χ1n) is 12.5. The SMILES string of the molecule is CC(=CC=CC=C(C)C=C(c1ccc(Sc2ccccc2)cc1)c1ccc(N(C)C)cc1)C=C(C#N)C(=O)O. The predicted molar refractivity (Wildman–Crippen MR) is 163 cm³/mol.